The van der Waals surface area contributed by atoms with Crippen LogP contribution in [0.15, 0.2) is 58.3 Å². The number of fused-ring (bicyclic) bond motifs is 2. The topological polar surface area (TPSA) is 159 Å². The summed E-state index contributed by atoms with van der Waals surface area (Å²) in [5.74, 6) is -0.978. The van der Waals surface area contributed by atoms with Crippen LogP contribution in [0.2, 0.25) is 0 Å². The van der Waals surface area contributed by atoms with Crippen LogP contribution in [0.25, 0.3) is 22.2 Å². The fraction of sp³-hybridized carbons (Fsp3) is 0. The molecule has 0 spiro atoms. The quantitative estimate of drug-likeness (QED) is 0.527. The average molecular weight is 433 g/mol. The summed E-state index contributed by atoms with van der Waals surface area (Å²) in [6, 6.07) is 10.0. The van der Waals surface area contributed by atoms with Gasteiger partial charge in [-0.05, 0) is 24.3 Å². The molecule has 3 N–H and O–H groups in total. The van der Waals surface area contributed by atoms with Gasteiger partial charge >= 0.3 is 0 Å². The minimum Gasteiger partial charge on any atom is -0.506 e. The number of rotatable bonds is 3. The third kappa shape index (κ3) is 3.09. The average Bonchev–Trinajstić information content (AvgIpc) is 2.90. The summed E-state index contributed by atoms with van der Waals surface area (Å²) < 4.78 is 65.4. The van der Waals surface area contributed by atoms with E-state index in [4.69, 9.17) is 0 Å². The van der Waals surface area contributed by atoms with E-state index < -0.39 is 41.6 Å². The van der Waals surface area contributed by atoms with E-state index in [1.807, 2.05) is 0 Å². The van der Waals surface area contributed by atoms with Gasteiger partial charge < -0.3 is 5.11 Å². The van der Waals surface area contributed by atoms with Crippen molar-refractivity contribution in [1.29, 1.82) is 0 Å². The van der Waals surface area contributed by atoms with Crippen molar-refractivity contribution in [3.8, 4) is 0 Å². The second kappa shape index (κ2) is 6.19. The number of pyridine rings is 1. The Morgan fingerprint density at radius 3 is 2.07 bits per heavy atom. The van der Waals surface area contributed by atoms with Gasteiger partial charge in [0.05, 0.1) is 21.7 Å². The Hall–Kier alpha value is -3.12. The molecular weight excluding hydrogens is 422 g/mol. The van der Waals surface area contributed by atoms with Crippen molar-refractivity contribution in [1.82, 2.24) is 4.98 Å². The van der Waals surface area contributed by atoms with Crippen molar-refractivity contribution >= 4 is 48.3 Å². The molecule has 0 aliphatic heterocycles. The van der Waals surface area contributed by atoms with Crippen LogP contribution in [-0.2, 0) is 20.2 Å². The molecule has 1 aromatic heterocycles. The molecule has 1 heterocycles. The molecule has 2 aromatic carbocycles. The Kier molecular flexibility index (Phi) is 4.10. The van der Waals surface area contributed by atoms with E-state index in [2.05, 4.69) is 4.98 Å². The lowest BCUT2D eigenvalue weighted by atomic mass is 10.1. The van der Waals surface area contributed by atoms with Gasteiger partial charge in [0.1, 0.15) is 10.7 Å². The summed E-state index contributed by atoms with van der Waals surface area (Å²) in [5, 5.41) is 10.2. The van der Waals surface area contributed by atoms with Crippen LogP contribution < -0.4 is 0 Å². The van der Waals surface area contributed by atoms with Gasteiger partial charge in [-0.25, -0.2) is 4.98 Å². The molecule has 0 saturated carbocycles. The number of carbonyl (C=O) groups excluding carboxylic acids is 1. The highest BCUT2D eigenvalue weighted by molar-refractivity contribution is 7.86. The second-order valence-corrected chi connectivity index (χ2v) is 9.04. The van der Waals surface area contributed by atoms with E-state index in [9.17, 15) is 35.8 Å². The van der Waals surface area contributed by atoms with E-state index in [1.54, 1.807) is 12.1 Å². The Bertz CT molecular complexity index is 1470. The smallest absolute Gasteiger partial charge is 0.295 e. The van der Waals surface area contributed by atoms with Gasteiger partial charge in [0.2, 0.25) is 0 Å². The van der Waals surface area contributed by atoms with E-state index >= 15 is 0 Å². The minimum atomic E-state index is -4.88. The summed E-state index contributed by atoms with van der Waals surface area (Å²) in [4.78, 5) is 15.5. The van der Waals surface area contributed by atoms with Crippen LogP contribution in [-0.4, -0.2) is 41.8 Å². The lowest BCUT2D eigenvalue weighted by Gasteiger charge is -2.09. The van der Waals surface area contributed by atoms with E-state index in [-0.39, 0.29) is 33.3 Å². The van der Waals surface area contributed by atoms with Gasteiger partial charge in [0, 0.05) is 16.5 Å². The maximum Gasteiger partial charge on any atom is 0.295 e. The van der Waals surface area contributed by atoms with E-state index in [1.165, 1.54) is 12.1 Å². The van der Waals surface area contributed by atoms with Crippen LogP contribution in [0, 0.1) is 0 Å². The summed E-state index contributed by atoms with van der Waals surface area (Å²) in [7, 11) is -9.52. The molecule has 0 unspecified atom stereocenters. The number of aliphatic hydroxyl groups is 1. The number of hydrogen-bond donors (Lipinski definition) is 3. The highest BCUT2D eigenvalue weighted by Crippen LogP contribution is 2.38. The highest BCUT2D eigenvalue weighted by Gasteiger charge is 2.32. The van der Waals surface area contributed by atoms with Crippen LogP contribution in [0.3, 0.4) is 0 Å². The van der Waals surface area contributed by atoms with Gasteiger partial charge in [-0.15, -0.1) is 0 Å². The van der Waals surface area contributed by atoms with E-state index in [0.717, 1.165) is 24.3 Å². The molecule has 3 aromatic rings. The number of aromatic nitrogens is 1. The van der Waals surface area contributed by atoms with Crippen molar-refractivity contribution in [3.05, 3.63) is 65.4 Å². The summed E-state index contributed by atoms with van der Waals surface area (Å²) in [6.07, 6.45) is 0. The minimum absolute atomic E-state index is 0.0772. The number of allylic oxidation sites excluding steroid dienone is 1. The molecule has 0 atom stereocenters. The van der Waals surface area contributed by atoms with Gasteiger partial charge in [-0.3, -0.25) is 13.9 Å². The molecule has 0 saturated heterocycles. The first-order valence-electron chi connectivity index (χ1n) is 7.96. The van der Waals surface area contributed by atoms with Gasteiger partial charge in [0.25, 0.3) is 20.2 Å². The molecule has 9 nitrogen and oxygen atoms in total. The van der Waals surface area contributed by atoms with Crippen LogP contribution in [0.5, 0.6) is 0 Å². The molecule has 11 heteroatoms. The molecule has 4 rings (SSSR count). The number of Topliss-reactive ketones (excluding diaryl/α,β-unsaturated/α-hetero) is 1. The first-order chi connectivity index (χ1) is 13.5. The Morgan fingerprint density at radius 2 is 1.48 bits per heavy atom. The monoisotopic (exact) mass is 433 g/mol. The molecule has 29 heavy (non-hydrogen) atoms. The normalized spacial score (nSPS) is 14.5. The van der Waals surface area contributed by atoms with Gasteiger partial charge in [0.15, 0.2) is 5.78 Å². The first-order valence-corrected chi connectivity index (χ1v) is 10.8. The largest absolute Gasteiger partial charge is 0.506 e. The van der Waals surface area contributed by atoms with Crippen molar-refractivity contribution in [3.63, 3.8) is 0 Å². The fourth-order valence-electron chi connectivity index (χ4n) is 3.18. The molecule has 1 aliphatic carbocycles. The van der Waals surface area contributed by atoms with Crippen LogP contribution >= 0.6 is 0 Å². The zero-order valence-corrected chi connectivity index (χ0v) is 15.9. The molecular formula is C18H11NO8S2. The molecule has 0 bridgehead atoms. The predicted molar refractivity (Wildman–Crippen MR) is 102 cm³/mol. The lowest BCUT2D eigenvalue weighted by Crippen LogP contribution is -2.06. The van der Waals surface area contributed by atoms with Crippen molar-refractivity contribution in [2.45, 2.75) is 9.79 Å². The van der Waals surface area contributed by atoms with Gasteiger partial charge in [-0.2, -0.15) is 16.8 Å². The second-order valence-electron chi connectivity index (χ2n) is 6.23. The maximum atomic E-state index is 12.7. The lowest BCUT2D eigenvalue weighted by molar-refractivity contribution is 0.105. The number of carbonyl (C=O) groups is 1. The van der Waals surface area contributed by atoms with Crippen LogP contribution in [0.1, 0.15) is 21.6 Å². The maximum absolute atomic E-state index is 12.7. The molecule has 0 radical (unpaired) electrons. The van der Waals surface area contributed by atoms with Crippen molar-refractivity contribution < 1.29 is 35.8 Å². The Morgan fingerprint density at radius 1 is 0.828 bits per heavy atom. The van der Waals surface area contributed by atoms with E-state index in [0.29, 0.717) is 0 Å². The fourth-order valence-corrected chi connectivity index (χ4v) is 4.39. The Balaban J connectivity index is 2.04. The number of hydrogen-bond acceptors (Lipinski definition) is 7. The zero-order chi connectivity index (χ0) is 21.1. The SMILES string of the molecule is O=C1C(c2cc(S(=O)(=O)O)c3cc(S(=O)(=O)O)ccc3n2)=C(O)c2ccccc21. The third-order valence-corrected chi connectivity index (χ3v) is 6.21. The molecule has 1 aliphatic rings. The summed E-state index contributed by atoms with van der Waals surface area (Å²) >= 11 is 0. The van der Waals surface area contributed by atoms with Crippen molar-refractivity contribution in [2.75, 3.05) is 0 Å². The van der Waals surface area contributed by atoms with Crippen molar-refractivity contribution in [2.24, 2.45) is 0 Å². The highest BCUT2D eigenvalue weighted by atomic mass is 32.2. The number of aliphatic hydroxyl groups excluding tert-OH is 1. The molecule has 148 valence electrons. The standard InChI is InChI=1S/C18H11NO8S2/c20-17-10-3-1-2-4-11(10)18(21)16(17)14-8-15(29(25,26)27)12-7-9(28(22,23)24)5-6-13(12)19-14/h1-8,20H,(H,22,23,24)(H,25,26,27). The number of ketones is 1. The number of nitrogens with zero attached hydrogens (tertiary/aromatic N) is 1. The van der Waals surface area contributed by atoms with Gasteiger partial charge in [-0.1, -0.05) is 24.3 Å². The third-order valence-electron chi connectivity index (χ3n) is 4.46. The van der Waals surface area contributed by atoms with Crippen LogP contribution in [0.4, 0.5) is 0 Å². The zero-order valence-electron chi connectivity index (χ0n) is 14.3. The Labute approximate surface area is 164 Å². The number of benzene rings is 2. The summed E-state index contributed by atoms with van der Waals surface area (Å²) in [6.45, 7) is 0. The molecule has 0 amide bonds. The predicted octanol–water partition coefficient (Wildman–Crippen LogP) is 2.35. The molecule has 0 fully saturated rings. The summed E-state index contributed by atoms with van der Waals surface area (Å²) in [5.41, 5.74) is -0.0894. The first kappa shape index (κ1) is 19.2.